The van der Waals surface area contributed by atoms with E-state index in [2.05, 4.69) is 37.1 Å². The van der Waals surface area contributed by atoms with Gasteiger partial charge in [-0.3, -0.25) is 4.90 Å². The van der Waals surface area contributed by atoms with Gasteiger partial charge in [0.25, 0.3) is 0 Å². The van der Waals surface area contributed by atoms with Crippen molar-refractivity contribution in [3.63, 3.8) is 0 Å². The molecule has 1 aliphatic heterocycles. The lowest BCUT2D eigenvalue weighted by molar-refractivity contribution is 0.189. The van der Waals surface area contributed by atoms with E-state index in [4.69, 9.17) is 9.47 Å². The number of nitrogens with one attached hydrogen (secondary N) is 1. The van der Waals surface area contributed by atoms with E-state index in [0.29, 0.717) is 6.04 Å². The quantitative estimate of drug-likeness (QED) is 0.785. The minimum Gasteiger partial charge on any atom is -0.496 e. The van der Waals surface area contributed by atoms with Crippen LogP contribution in [-0.4, -0.2) is 38.3 Å². The molecule has 0 aromatic heterocycles. The summed E-state index contributed by atoms with van der Waals surface area (Å²) in [7, 11) is 3.54. The first-order valence-corrected chi connectivity index (χ1v) is 8.36. The lowest BCUT2D eigenvalue weighted by Gasteiger charge is -2.36. The Hall–Kier alpha value is -1.26. The maximum Gasteiger partial charge on any atom is 0.127 e. The fraction of sp³-hybridized carbons (Fsp3) is 0.667. The minimum absolute atomic E-state index is 0.537. The van der Waals surface area contributed by atoms with E-state index in [1.165, 1.54) is 16.7 Å². The molecule has 1 unspecified atom stereocenters. The van der Waals surface area contributed by atoms with Gasteiger partial charge in [0, 0.05) is 35.8 Å². The molecule has 1 heterocycles. The van der Waals surface area contributed by atoms with Gasteiger partial charge in [0.05, 0.1) is 14.2 Å². The molecule has 0 saturated heterocycles. The number of likely N-dealkylation sites (N-methyl/N-ethyl adjacent to an activating group) is 1. The summed E-state index contributed by atoms with van der Waals surface area (Å²) in [4.78, 5) is 2.49. The third-order valence-electron chi connectivity index (χ3n) is 4.59. The molecule has 1 aromatic carbocycles. The number of methoxy groups -OCH3 is 2. The summed E-state index contributed by atoms with van der Waals surface area (Å²) in [6, 6.07) is 2.68. The van der Waals surface area contributed by atoms with Gasteiger partial charge in [-0.2, -0.15) is 0 Å². The Balaban J connectivity index is 2.41. The topological polar surface area (TPSA) is 33.7 Å². The van der Waals surface area contributed by atoms with E-state index in [1.54, 1.807) is 14.2 Å². The molecule has 1 atom stereocenters. The van der Waals surface area contributed by atoms with E-state index in [-0.39, 0.29) is 0 Å². The number of hydrogen-bond donors (Lipinski definition) is 1. The Kier molecular flexibility index (Phi) is 6.09. The van der Waals surface area contributed by atoms with Crippen molar-refractivity contribution in [3.05, 3.63) is 22.8 Å². The van der Waals surface area contributed by atoms with Crippen molar-refractivity contribution in [2.75, 3.05) is 27.3 Å². The van der Waals surface area contributed by atoms with Gasteiger partial charge in [-0.15, -0.1) is 0 Å². The SMILES string of the molecule is CCCNCc1cc(OC)c2c(c1OC)CC(C)N(CC)C2. The number of fused-ring (bicyclic) bond motifs is 1. The van der Waals surface area contributed by atoms with Crippen LogP contribution < -0.4 is 14.8 Å². The molecule has 124 valence electrons. The number of hydrogen-bond acceptors (Lipinski definition) is 4. The van der Waals surface area contributed by atoms with E-state index in [9.17, 15) is 0 Å². The average molecular weight is 306 g/mol. The van der Waals surface area contributed by atoms with E-state index in [1.807, 2.05) is 0 Å². The fourth-order valence-electron chi connectivity index (χ4n) is 3.35. The van der Waals surface area contributed by atoms with Crippen LogP contribution >= 0.6 is 0 Å². The van der Waals surface area contributed by atoms with Gasteiger partial charge in [-0.1, -0.05) is 13.8 Å². The minimum atomic E-state index is 0.537. The van der Waals surface area contributed by atoms with E-state index in [0.717, 1.165) is 50.5 Å². The highest BCUT2D eigenvalue weighted by molar-refractivity contribution is 5.55. The molecule has 0 fully saturated rings. The van der Waals surface area contributed by atoms with Gasteiger partial charge in [-0.25, -0.2) is 0 Å². The van der Waals surface area contributed by atoms with Crippen LogP contribution in [0.2, 0.25) is 0 Å². The normalized spacial score (nSPS) is 18.1. The lowest BCUT2D eigenvalue weighted by Crippen LogP contribution is -2.38. The van der Waals surface area contributed by atoms with Crippen molar-refractivity contribution in [1.82, 2.24) is 10.2 Å². The van der Waals surface area contributed by atoms with Crippen molar-refractivity contribution in [2.45, 2.75) is 52.7 Å². The maximum atomic E-state index is 5.78. The second-order valence-corrected chi connectivity index (χ2v) is 6.02. The van der Waals surface area contributed by atoms with Crippen molar-refractivity contribution in [3.8, 4) is 11.5 Å². The van der Waals surface area contributed by atoms with Gasteiger partial charge in [0.1, 0.15) is 11.5 Å². The van der Waals surface area contributed by atoms with Crippen LogP contribution in [0.1, 0.15) is 43.9 Å². The van der Waals surface area contributed by atoms with Gasteiger partial charge < -0.3 is 14.8 Å². The predicted octanol–water partition coefficient (Wildman–Crippen LogP) is 2.97. The lowest BCUT2D eigenvalue weighted by atomic mass is 9.90. The largest absolute Gasteiger partial charge is 0.496 e. The summed E-state index contributed by atoms with van der Waals surface area (Å²) >= 11 is 0. The Morgan fingerprint density at radius 1 is 1.23 bits per heavy atom. The summed E-state index contributed by atoms with van der Waals surface area (Å²) in [6.45, 7) is 10.5. The fourth-order valence-corrected chi connectivity index (χ4v) is 3.35. The van der Waals surface area contributed by atoms with E-state index < -0.39 is 0 Å². The van der Waals surface area contributed by atoms with Crippen molar-refractivity contribution in [2.24, 2.45) is 0 Å². The zero-order chi connectivity index (χ0) is 16.1. The number of benzene rings is 1. The highest BCUT2D eigenvalue weighted by Gasteiger charge is 2.28. The summed E-state index contributed by atoms with van der Waals surface area (Å²) in [5.41, 5.74) is 3.81. The Morgan fingerprint density at radius 2 is 2.00 bits per heavy atom. The summed E-state index contributed by atoms with van der Waals surface area (Å²) in [5, 5.41) is 3.47. The number of rotatable bonds is 7. The predicted molar refractivity (Wildman–Crippen MR) is 90.8 cm³/mol. The molecule has 0 aliphatic carbocycles. The second-order valence-electron chi connectivity index (χ2n) is 6.02. The molecule has 0 spiro atoms. The Labute approximate surface area is 134 Å². The third kappa shape index (κ3) is 3.39. The first kappa shape index (κ1) is 17.1. The molecule has 22 heavy (non-hydrogen) atoms. The van der Waals surface area contributed by atoms with Crippen molar-refractivity contribution in [1.29, 1.82) is 0 Å². The van der Waals surface area contributed by atoms with Crippen LogP contribution in [0.4, 0.5) is 0 Å². The molecule has 0 amide bonds. The molecule has 0 saturated carbocycles. The van der Waals surface area contributed by atoms with E-state index >= 15 is 0 Å². The first-order valence-electron chi connectivity index (χ1n) is 8.36. The van der Waals surface area contributed by atoms with Gasteiger partial charge in [-0.05, 0) is 38.9 Å². The van der Waals surface area contributed by atoms with Crippen LogP contribution in [-0.2, 0) is 19.5 Å². The number of nitrogens with zero attached hydrogens (tertiary/aromatic N) is 1. The summed E-state index contributed by atoms with van der Waals surface area (Å²) in [6.07, 6.45) is 2.15. The second kappa shape index (κ2) is 7.84. The molecule has 1 aromatic rings. The Morgan fingerprint density at radius 3 is 2.59 bits per heavy atom. The van der Waals surface area contributed by atoms with Crippen LogP contribution in [0, 0.1) is 0 Å². The van der Waals surface area contributed by atoms with Gasteiger partial charge in [0.15, 0.2) is 0 Å². The monoisotopic (exact) mass is 306 g/mol. The number of ether oxygens (including phenoxy) is 2. The highest BCUT2D eigenvalue weighted by Crippen LogP contribution is 2.39. The molecule has 0 bridgehead atoms. The summed E-state index contributed by atoms with van der Waals surface area (Å²) in [5.74, 6) is 2.04. The van der Waals surface area contributed by atoms with Crippen molar-refractivity contribution < 1.29 is 9.47 Å². The van der Waals surface area contributed by atoms with Gasteiger partial charge in [0.2, 0.25) is 0 Å². The first-order chi connectivity index (χ1) is 10.7. The smallest absolute Gasteiger partial charge is 0.127 e. The van der Waals surface area contributed by atoms with Gasteiger partial charge >= 0.3 is 0 Å². The van der Waals surface area contributed by atoms with Crippen molar-refractivity contribution >= 4 is 0 Å². The zero-order valence-electron chi connectivity index (χ0n) is 14.7. The molecule has 1 N–H and O–H groups in total. The molecular formula is C18H30N2O2. The molecule has 4 heteroatoms. The standard InChI is InChI=1S/C18H30N2O2/c1-6-8-19-11-14-10-17(21-4)16-12-20(7-2)13(3)9-15(16)18(14)22-5/h10,13,19H,6-9,11-12H2,1-5H3. The highest BCUT2D eigenvalue weighted by atomic mass is 16.5. The molecule has 2 rings (SSSR count). The van der Waals surface area contributed by atoms with Crippen LogP contribution in [0.3, 0.4) is 0 Å². The van der Waals surface area contributed by atoms with Crippen LogP contribution in [0.5, 0.6) is 11.5 Å². The molecule has 0 radical (unpaired) electrons. The van der Waals surface area contributed by atoms with Crippen LogP contribution in [0.25, 0.3) is 0 Å². The molecule has 4 nitrogen and oxygen atoms in total. The maximum absolute atomic E-state index is 5.78. The summed E-state index contributed by atoms with van der Waals surface area (Å²) < 4.78 is 11.5. The zero-order valence-corrected chi connectivity index (χ0v) is 14.7. The average Bonchev–Trinajstić information content (AvgIpc) is 2.53. The Bertz CT molecular complexity index is 502. The molecular weight excluding hydrogens is 276 g/mol. The third-order valence-corrected chi connectivity index (χ3v) is 4.59. The molecule has 1 aliphatic rings. The van der Waals surface area contributed by atoms with Crippen LogP contribution in [0.15, 0.2) is 6.07 Å².